The van der Waals surface area contributed by atoms with Crippen molar-refractivity contribution in [1.82, 2.24) is 4.31 Å². The number of aliphatic carboxylic acids is 2. The molecule has 0 bridgehead atoms. The molecule has 40 heavy (non-hydrogen) atoms. The van der Waals surface area contributed by atoms with Crippen LogP contribution in [-0.2, 0) is 19.6 Å². The Morgan fingerprint density at radius 1 is 0.925 bits per heavy atom. The third-order valence-corrected chi connectivity index (χ3v) is 9.92. The first-order valence-corrected chi connectivity index (χ1v) is 15.0. The molecule has 0 aliphatic heterocycles. The summed E-state index contributed by atoms with van der Waals surface area (Å²) in [5.41, 5.74) is 0.206. The number of sulfonamides is 1. The maximum atomic E-state index is 13.8. The van der Waals surface area contributed by atoms with Gasteiger partial charge in [0, 0.05) is 10.9 Å². The van der Waals surface area contributed by atoms with Gasteiger partial charge in [-0.3, -0.25) is 9.59 Å². The Morgan fingerprint density at radius 2 is 1.55 bits per heavy atom. The van der Waals surface area contributed by atoms with E-state index >= 15 is 0 Å². The standard InChI is InChI=1S/C30H30ClNO7S/c31-23-13-9-20(10-14-23)21-11-15-26(16-12-21)40(37,38)32(19-28(33)34)30(29(35)36)18-27(30)22-5-4-8-25(17-22)39-24-6-2-1-3-7-24/h4-5,8-17,24,27H,1-3,6-7,18-19H2,(H,33,34)(H,35,36)/t27-,30+/m0/s1. The zero-order chi connectivity index (χ0) is 28.5. The molecule has 3 aromatic carbocycles. The highest BCUT2D eigenvalue weighted by atomic mass is 35.5. The van der Waals surface area contributed by atoms with Crippen LogP contribution >= 0.6 is 11.6 Å². The van der Waals surface area contributed by atoms with Crippen LogP contribution in [0.5, 0.6) is 5.75 Å². The maximum absolute atomic E-state index is 13.8. The van der Waals surface area contributed by atoms with Crippen molar-refractivity contribution in [2.24, 2.45) is 0 Å². The van der Waals surface area contributed by atoms with Crippen molar-refractivity contribution in [3.63, 3.8) is 0 Å². The second kappa shape index (κ2) is 11.2. The van der Waals surface area contributed by atoms with Crippen molar-refractivity contribution in [2.45, 2.75) is 61.0 Å². The summed E-state index contributed by atoms with van der Waals surface area (Å²) in [5.74, 6) is -2.97. The quantitative estimate of drug-likeness (QED) is 0.309. The van der Waals surface area contributed by atoms with Crippen molar-refractivity contribution in [3.05, 3.63) is 83.4 Å². The SMILES string of the molecule is O=C(O)CN([C@]1(C(=O)O)C[C@H]1c1cccc(OC2CCCCC2)c1)S(=O)(=O)c1ccc(-c2ccc(Cl)cc2)cc1. The molecular formula is C30H30ClNO7S. The molecule has 2 aliphatic rings. The molecule has 3 aromatic rings. The molecule has 5 rings (SSSR count). The number of benzene rings is 3. The first-order valence-electron chi connectivity index (χ1n) is 13.2. The first-order chi connectivity index (χ1) is 19.1. The molecule has 2 fully saturated rings. The number of carboxylic acids is 2. The van der Waals surface area contributed by atoms with E-state index in [9.17, 15) is 28.2 Å². The molecule has 0 spiro atoms. The van der Waals surface area contributed by atoms with E-state index in [0.717, 1.165) is 36.8 Å². The van der Waals surface area contributed by atoms with E-state index in [1.807, 2.05) is 0 Å². The number of carboxylic acid groups (broad SMARTS) is 2. The Bertz CT molecular complexity index is 1500. The lowest BCUT2D eigenvalue weighted by Gasteiger charge is -2.28. The van der Waals surface area contributed by atoms with E-state index in [0.29, 0.717) is 20.6 Å². The number of hydrogen-bond acceptors (Lipinski definition) is 5. The molecule has 0 heterocycles. The fourth-order valence-electron chi connectivity index (χ4n) is 5.60. The van der Waals surface area contributed by atoms with Gasteiger partial charge in [0.05, 0.1) is 11.0 Å². The average Bonchev–Trinajstić information content (AvgIpc) is 3.70. The maximum Gasteiger partial charge on any atom is 0.325 e. The number of nitrogens with zero attached hydrogens (tertiary/aromatic N) is 1. The molecule has 0 saturated heterocycles. The summed E-state index contributed by atoms with van der Waals surface area (Å²) in [6.07, 6.45) is 5.32. The molecule has 2 N–H and O–H groups in total. The highest BCUT2D eigenvalue weighted by Crippen LogP contribution is 2.57. The normalized spacial score (nSPS) is 21.2. The molecule has 8 nitrogen and oxygen atoms in total. The topological polar surface area (TPSA) is 121 Å². The molecule has 2 atom stereocenters. The Balaban J connectivity index is 1.45. The number of rotatable bonds is 10. The van der Waals surface area contributed by atoms with Crippen LogP contribution < -0.4 is 4.74 Å². The van der Waals surface area contributed by atoms with Crippen molar-refractivity contribution >= 4 is 33.6 Å². The van der Waals surface area contributed by atoms with E-state index in [2.05, 4.69) is 0 Å². The van der Waals surface area contributed by atoms with Gasteiger partial charge in [0.25, 0.3) is 0 Å². The minimum atomic E-state index is -4.50. The van der Waals surface area contributed by atoms with Gasteiger partial charge in [0.15, 0.2) is 0 Å². The van der Waals surface area contributed by atoms with Crippen LogP contribution in [0.1, 0.15) is 50.0 Å². The van der Waals surface area contributed by atoms with Crippen LogP contribution in [0.25, 0.3) is 11.1 Å². The van der Waals surface area contributed by atoms with Crippen LogP contribution in [-0.4, -0.2) is 53.1 Å². The average molecular weight is 584 g/mol. The summed E-state index contributed by atoms with van der Waals surface area (Å²) in [7, 11) is -4.50. The zero-order valence-electron chi connectivity index (χ0n) is 21.7. The van der Waals surface area contributed by atoms with Gasteiger partial charge in [-0.25, -0.2) is 8.42 Å². The van der Waals surface area contributed by atoms with Crippen molar-refractivity contribution in [3.8, 4) is 16.9 Å². The summed E-state index contributed by atoms with van der Waals surface area (Å²) >= 11 is 5.96. The van der Waals surface area contributed by atoms with E-state index in [4.69, 9.17) is 16.3 Å². The predicted octanol–water partition coefficient (Wildman–Crippen LogP) is 5.80. The van der Waals surface area contributed by atoms with Gasteiger partial charge in [-0.15, -0.1) is 0 Å². The minimum absolute atomic E-state index is 0.0510. The van der Waals surface area contributed by atoms with Gasteiger partial charge in [-0.1, -0.05) is 54.4 Å². The summed E-state index contributed by atoms with van der Waals surface area (Å²) in [5, 5.41) is 20.5. The van der Waals surface area contributed by atoms with Gasteiger partial charge in [0.1, 0.15) is 17.8 Å². The van der Waals surface area contributed by atoms with E-state index in [1.165, 1.54) is 18.6 Å². The van der Waals surface area contributed by atoms with Crippen LogP contribution in [0.3, 0.4) is 0 Å². The molecule has 210 valence electrons. The molecule has 0 aromatic heterocycles. The molecule has 0 amide bonds. The fraction of sp³-hybridized carbons (Fsp3) is 0.333. The Hall–Kier alpha value is -3.40. The lowest BCUT2D eigenvalue weighted by atomic mass is 9.97. The van der Waals surface area contributed by atoms with Gasteiger partial charge >= 0.3 is 11.9 Å². The number of hydrogen-bond donors (Lipinski definition) is 2. The van der Waals surface area contributed by atoms with E-state index in [1.54, 1.807) is 60.7 Å². The van der Waals surface area contributed by atoms with Gasteiger partial charge < -0.3 is 14.9 Å². The first kappa shape index (κ1) is 28.1. The highest BCUT2D eigenvalue weighted by Gasteiger charge is 2.68. The monoisotopic (exact) mass is 583 g/mol. The lowest BCUT2D eigenvalue weighted by molar-refractivity contribution is -0.145. The molecule has 2 aliphatic carbocycles. The predicted molar refractivity (Wildman–Crippen MR) is 150 cm³/mol. The van der Waals surface area contributed by atoms with E-state index < -0.39 is 40.0 Å². The Labute approximate surface area is 238 Å². The summed E-state index contributed by atoms with van der Waals surface area (Å²) in [6, 6.07) is 20.0. The van der Waals surface area contributed by atoms with Gasteiger partial charge in [0.2, 0.25) is 10.0 Å². The minimum Gasteiger partial charge on any atom is -0.490 e. The number of ether oxygens (including phenoxy) is 1. The molecular weight excluding hydrogens is 554 g/mol. The zero-order valence-corrected chi connectivity index (χ0v) is 23.3. The second-order valence-electron chi connectivity index (χ2n) is 10.4. The number of carbonyl (C=O) groups is 2. The summed E-state index contributed by atoms with van der Waals surface area (Å²) in [6.45, 7) is -0.984. The van der Waals surface area contributed by atoms with Gasteiger partial charge in [-0.2, -0.15) is 4.31 Å². The molecule has 0 radical (unpaired) electrons. The fourth-order valence-corrected chi connectivity index (χ4v) is 7.45. The largest absolute Gasteiger partial charge is 0.490 e. The summed E-state index contributed by atoms with van der Waals surface area (Å²) < 4.78 is 34.4. The van der Waals surface area contributed by atoms with Crippen molar-refractivity contribution in [2.75, 3.05) is 6.54 Å². The Kier molecular flexibility index (Phi) is 7.90. The lowest BCUT2D eigenvalue weighted by Crippen LogP contribution is -2.50. The smallest absolute Gasteiger partial charge is 0.325 e. The highest BCUT2D eigenvalue weighted by molar-refractivity contribution is 7.89. The Morgan fingerprint density at radius 3 is 2.15 bits per heavy atom. The van der Waals surface area contributed by atoms with Crippen LogP contribution in [0.2, 0.25) is 5.02 Å². The molecule has 0 unspecified atom stereocenters. The van der Waals surface area contributed by atoms with Gasteiger partial charge in [-0.05, 0) is 85.2 Å². The van der Waals surface area contributed by atoms with Crippen molar-refractivity contribution in [1.29, 1.82) is 0 Å². The third kappa shape index (κ3) is 5.59. The van der Waals surface area contributed by atoms with Crippen LogP contribution in [0.15, 0.2) is 77.7 Å². The molecule has 2 saturated carbocycles. The van der Waals surface area contributed by atoms with E-state index in [-0.39, 0.29) is 17.4 Å². The molecule has 10 heteroatoms. The number of halogens is 1. The summed E-state index contributed by atoms with van der Waals surface area (Å²) in [4.78, 5) is 24.3. The van der Waals surface area contributed by atoms with Crippen molar-refractivity contribution < 1.29 is 33.0 Å². The van der Waals surface area contributed by atoms with Crippen LogP contribution in [0, 0.1) is 0 Å². The third-order valence-electron chi connectivity index (χ3n) is 7.76. The van der Waals surface area contributed by atoms with Crippen LogP contribution in [0.4, 0.5) is 0 Å². The second-order valence-corrected chi connectivity index (χ2v) is 12.7.